The molecule has 0 amide bonds. The highest BCUT2D eigenvalue weighted by Gasteiger charge is 2.06. The molecule has 0 aromatic rings. The van der Waals surface area contributed by atoms with Crippen molar-refractivity contribution < 1.29 is 0 Å². The molecule has 0 aliphatic carbocycles. The number of rotatable bonds is 19. The monoisotopic (exact) mass is 325 g/mol. The summed E-state index contributed by atoms with van der Waals surface area (Å²) in [6.07, 6.45) is 25.6. The van der Waals surface area contributed by atoms with Gasteiger partial charge in [0, 0.05) is 0 Å². The summed E-state index contributed by atoms with van der Waals surface area (Å²) in [5.74, 6) is 0.801. The molecule has 0 fully saturated rings. The molecular formula is C22H47N. The summed E-state index contributed by atoms with van der Waals surface area (Å²) >= 11 is 0. The molecule has 0 heterocycles. The van der Waals surface area contributed by atoms with E-state index in [4.69, 9.17) is 5.73 Å². The molecule has 0 aromatic carbocycles. The summed E-state index contributed by atoms with van der Waals surface area (Å²) in [5.41, 5.74) is 5.96. The fraction of sp³-hybridized carbons (Fsp3) is 1.00. The lowest BCUT2D eigenvalue weighted by atomic mass is 9.94. The minimum atomic E-state index is 0.801. The van der Waals surface area contributed by atoms with Gasteiger partial charge in [0.15, 0.2) is 0 Å². The van der Waals surface area contributed by atoms with Crippen LogP contribution in [-0.2, 0) is 0 Å². The maximum absolute atomic E-state index is 5.96. The van der Waals surface area contributed by atoms with Crippen LogP contribution in [0.15, 0.2) is 0 Å². The second-order valence-corrected chi connectivity index (χ2v) is 7.63. The normalized spacial score (nSPS) is 12.7. The SMILES string of the molecule is CCCCCCCCCCCCC(CN)CCCCCCCC. The lowest BCUT2D eigenvalue weighted by Gasteiger charge is -2.14. The summed E-state index contributed by atoms with van der Waals surface area (Å²) in [4.78, 5) is 0. The summed E-state index contributed by atoms with van der Waals surface area (Å²) in [5, 5.41) is 0. The van der Waals surface area contributed by atoms with E-state index in [2.05, 4.69) is 13.8 Å². The molecule has 0 saturated heterocycles. The van der Waals surface area contributed by atoms with Crippen molar-refractivity contribution in [2.24, 2.45) is 11.7 Å². The maximum Gasteiger partial charge on any atom is -0.00489 e. The first kappa shape index (κ1) is 23.0. The Morgan fingerprint density at radius 1 is 0.478 bits per heavy atom. The molecule has 2 N–H and O–H groups in total. The highest BCUT2D eigenvalue weighted by Crippen LogP contribution is 2.18. The van der Waals surface area contributed by atoms with Gasteiger partial charge in [-0.15, -0.1) is 0 Å². The van der Waals surface area contributed by atoms with Crippen molar-refractivity contribution in [3.8, 4) is 0 Å². The Bertz CT molecular complexity index is 202. The van der Waals surface area contributed by atoms with Crippen molar-refractivity contribution in [3.05, 3.63) is 0 Å². The van der Waals surface area contributed by atoms with Gasteiger partial charge in [-0.3, -0.25) is 0 Å². The number of nitrogens with two attached hydrogens (primary N) is 1. The second kappa shape index (κ2) is 20.0. The maximum atomic E-state index is 5.96. The standard InChI is InChI=1S/C22H47N/c1-3-5-7-9-11-12-13-14-16-18-20-22(21-23)19-17-15-10-8-6-4-2/h22H,3-21,23H2,1-2H3. The predicted octanol–water partition coefficient (Wildman–Crippen LogP) is 7.62. The molecule has 140 valence electrons. The van der Waals surface area contributed by atoms with Gasteiger partial charge in [-0.05, 0) is 25.3 Å². The highest BCUT2D eigenvalue weighted by atomic mass is 14.5. The first-order valence-corrected chi connectivity index (χ1v) is 11.0. The Hall–Kier alpha value is -0.0400. The largest absolute Gasteiger partial charge is 0.330 e. The van der Waals surface area contributed by atoms with Gasteiger partial charge in [-0.25, -0.2) is 0 Å². The van der Waals surface area contributed by atoms with Crippen LogP contribution in [0.2, 0.25) is 0 Å². The second-order valence-electron chi connectivity index (χ2n) is 7.63. The molecule has 0 bridgehead atoms. The van der Waals surface area contributed by atoms with Crippen LogP contribution >= 0.6 is 0 Å². The number of unbranched alkanes of at least 4 members (excludes halogenated alkanes) is 14. The van der Waals surface area contributed by atoms with Gasteiger partial charge in [-0.2, -0.15) is 0 Å². The van der Waals surface area contributed by atoms with Gasteiger partial charge in [0.2, 0.25) is 0 Å². The van der Waals surface area contributed by atoms with E-state index in [9.17, 15) is 0 Å². The average Bonchev–Trinajstić information content (AvgIpc) is 2.57. The van der Waals surface area contributed by atoms with E-state index < -0.39 is 0 Å². The molecular weight excluding hydrogens is 278 g/mol. The van der Waals surface area contributed by atoms with E-state index in [-0.39, 0.29) is 0 Å². The molecule has 0 radical (unpaired) electrons. The van der Waals surface area contributed by atoms with Gasteiger partial charge < -0.3 is 5.73 Å². The highest BCUT2D eigenvalue weighted by molar-refractivity contribution is 4.61. The van der Waals surface area contributed by atoms with Crippen molar-refractivity contribution in [1.82, 2.24) is 0 Å². The van der Waals surface area contributed by atoms with Crippen molar-refractivity contribution in [1.29, 1.82) is 0 Å². The molecule has 1 heteroatoms. The molecule has 0 saturated carbocycles. The minimum absolute atomic E-state index is 0.801. The molecule has 0 aromatic heterocycles. The molecule has 0 rings (SSSR count). The lowest BCUT2D eigenvalue weighted by molar-refractivity contribution is 0.410. The Labute approximate surface area is 148 Å². The van der Waals surface area contributed by atoms with Crippen LogP contribution < -0.4 is 5.73 Å². The first-order valence-electron chi connectivity index (χ1n) is 11.0. The molecule has 0 spiro atoms. The van der Waals surface area contributed by atoms with Crippen molar-refractivity contribution in [2.45, 2.75) is 129 Å². The fourth-order valence-corrected chi connectivity index (χ4v) is 3.51. The van der Waals surface area contributed by atoms with Gasteiger partial charge in [0.25, 0.3) is 0 Å². The Kier molecular flexibility index (Phi) is 20.0. The van der Waals surface area contributed by atoms with Gasteiger partial charge in [-0.1, -0.05) is 117 Å². The molecule has 1 atom stereocenters. The fourth-order valence-electron chi connectivity index (χ4n) is 3.51. The zero-order chi connectivity index (χ0) is 17.0. The molecule has 23 heavy (non-hydrogen) atoms. The van der Waals surface area contributed by atoms with E-state index in [1.54, 1.807) is 0 Å². The van der Waals surface area contributed by atoms with E-state index >= 15 is 0 Å². The summed E-state index contributed by atoms with van der Waals surface area (Å²) in [6, 6.07) is 0. The smallest absolute Gasteiger partial charge is 0.00489 e. The quantitative estimate of drug-likeness (QED) is 0.243. The Morgan fingerprint density at radius 2 is 0.783 bits per heavy atom. The van der Waals surface area contributed by atoms with Crippen molar-refractivity contribution in [2.75, 3.05) is 6.54 Å². The Morgan fingerprint density at radius 3 is 1.09 bits per heavy atom. The van der Waals surface area contributed by atoms with E-state index in [0.29, 0.717) is 0 Å². The average molecular weight is 326 g/mol. The van der Waals surface area contributed by atoms with Gasteiger partial charge >= 0.3 is 0 Å². The summed E-state index contributed by atoms with van der Waals surface area (Å²) < 4.78 is 0. The number of hydrogen-bond donors (Lipinski definition) is 1. The molecule has 1 nitrogen and oxygen atoms in total. The lowest BCUT2D eigenvalue weighted by Crippen LogP contribution is -2.14. The predicted molar refractivity (Wildman–Crippen MR) is 107 cm³/mol. The molecule has 0 aliphatic rings. The third-order valence-electron chi connectivity index (χ3n) is 5.27. The first-order chi connectivity index (χ1) is 11.3. The van der Waals surface area contributed by atoms with Gasteiger partial charge in [0.05, 0.1) is 0 Å². The topological polar surface area (TPSA) is 26.0 Å². The van der Waals surface area contributed by atoms with Crippen LogP contribution in [0.1, 0.15) is 129 Å². The van der Waals surface area contributed by atoms with E-state index in [0.717, 1.165) is 12.5 Å². The summed E-state index contributed by atoms with van der Waals surface area (Å²) in [7, 11) is 0. The van der Waals surface area contributed by atoms with Crippen LogP contribution in [0.4, 0.5) is 0 Å². The van der Waals surface area contributed by atoms with E-state index in [1.165, 1.54) is 116 Å². The van der Waals surface area contributed by atoms with Crippen LogP contribution in [0.3, 0.4) is 0 Å². The van der Waals surface area contributed by atoms with E-state index in [1.807, 2.05) is 0 Å². The molecule has 1 unspecified atom stereocenters. The van der Waals surface area contributed by atoms with Crippen LogP contribution in [0, 0.1) is 5.92 Å². The number of hydrogen-bond acceptors (Lipinski definition) is 1. The zero-order valence-corrected chi connectivity index (χ0v) is 16.6. The van der Waals surface area contributed by atoms with Crippen LogP contribution in [0.5, 0.6) is 0 Å². The van der Waals surface area contributed by atoms with Crippen molar-refractivity contribution >= 4 is 0 Å². The van der Waals surface area contributed by atoms with Gasteiger partial charge in [0.1, 0.15) is 0 Å². The minimum Gasteiger partial charge on any atom is -0.330 e. The molecule has 0 aliphatic heterocycles. The van der Waals surface area contributed by atoms with Crippen LogP contribution in [0.25, 0.3) is 0 Å². The zero-order valence-electron chi connectivity index (χ0n) is 16.6. The Balaban J connectivity index is 3.26. The third-order valence-corrected chi connectivity index (χ3v) is 5.27. The summed E-state index contributed by atoms with van der Waals surface area (Å²) in [6.45, 7) is 5.49. The van der Waals surface area contributed by atoms with Crippen LogP contribution in [-0.4, -0.2) is 6.54 Å². The van der Waals surface area contributed by atoms with Crippen molar-refractivity contribution in [3.63, 3.8) is 0 Å². The third kappa shape index (κ3) is 18.1.